The zero-order valence-electron chi connectivity index (χ0n) is 14.7. The number of fused-ring (bicyclic) bond motifs is 1. The Hall–Kier alpha value is -1.39. The molecule has 1 saturated heterocycles. The molecule has 0 spiro atoms. The fourth-order valence-electron chi connectivity index (χ4n) is 4.65. The van der Waals surface area contributed by atoms with Crippen molar-refractivity contribution in [2.45, 2.75) is 70.0 Å². The third-order valence-electron chi connectivity index (χ3n) is 5.97. The number of aryl methyl sites for hydroxylation is 1. The second-order valence-electron chi connectivity index (χ2n) is 7.49. The molecule has 1 aliphatic heterocycles. The largest absolute Gasteiger partial charge is 0.299 e. The molecule has 4 nitrogen and oxygen atoms in total. The molecule has 1 aromatic heterocycles. The Balaban J connectivity index is 1.51. The number of likely N-dealkylation sites (tertiary alicyclic amines) is 1. The topological polar surface area (TPSA) is 38.1 Å². The van der Waals surface area contributed by atoms with Gasteiger partial charge in [0.2, 0.25) is 0 Å². The van der Waals surface area contributed by atoms with Gasteiger partial charge in [-0.15, -0.1) is 0 Å². The van der Waals surface area contributed by atoms with Gasteiger partial charge in [-0.3, -0.25) is 14.3 Å². The third kappa shape index (κ3) is 3.47. The molecule has 1 aliphatic carbocycles. The van der Waals surface area contributed by atoms with Gasteiger partial charge in [-0.25, -0.2) is 4.98 Å². The van der Waals surface area contributed by atoms with Crippen LogP contribution in [0, 0.1) is 0 Å². The first kappa shape index (κ1) is 17.0. The Morgan fingerprint density at radius 1 is 1.12 bits per heavy atom. The van der Waals surface area contributed by atoms with Crippen LogP contribution in [0.3, 0.4) is 0 Å². The Morgan fingerprint density at radius 2 is 1.92 bits per heavy atom. The van der Waals surface area contributed by atoms with E-state index in [1.807, 2.05) is 12.1 Å². The van der Waals surface area contributed by atoms with E-state index in [1.54, 1.807) is 17.0 Å². The van der Waals surface area contributed by atoms with Crippen LogP contribution in [-0.2, 0) is 6.54 Å². The summed E-state index contributed by atoms with van der Waals surface area (Å²) in [6.07, 6.45) is 12.1. The van der Waals surface area contributed by atoms with Crippen molar-refractivity contribution in [3.8, 4) is 0 Å². The molecule has 1 atom stereocenters. The maximum Gasteiger partial charge on any atom is 0.261 e. The van der Waals surface area contributed by atoms with Crippen molar-refractivity contribution < 1.29 is 0 Å². The van der Waals surface area contributed by atoms with Crippen molar-refractivity contribution >= 4 is 22.5 Å². The monoisotopic (exact) mass is 359 g/mol. The lowest BCUT2D eigenvalue weighted by atomic mass is 9.96. The van der Waals surface area contributed by atoms with Crippen LogP contribution in [0.15, 0.2) is 29.3 Å². The molecule has 1 saturated carbocycles. The van der Waals surface area contributed by atoms with Crippen molar-refractivity contribution in [1.29, 1.82) is 0 Å². The number of piperidine rings is 1. The van der Waals surface area contributed by atoms with Gasteiger partial charge in [-0.05, 0) is 50.8 Å². The average molecular weight is 360 g/mol. The standard InChI is InChI=1S/C20H26ClN3O/c21-18-10-5-9-17-19(18)22-14-23(20(17)25)13-11-16-8-3-4-12-24(16)15-6-1-2-7-15/h5,9-10,14-16H,1-4,6-8,11-13H2/t16-/m1/s1. The van der Waals surface area contributed by atoms with Crippen LogP contribution < -0.4 is 5.56 Å². The normalized spacial score (nSPS) is 22.7. The fraction of sp³-hybridized carbons (Fsp3) is 0.600. The number of para-hydroxylation sites is 1. The van der Waals surface area contributed by atoms with Crippen LogP contribution in [0.5, 0.6) is 0 Å². The maximum atomic E-state index is 12.7. The first-order valence-corrected chi connectivity index (χ1v) is 10.0. The molecule has 5 heteroatoms. The summed E-state index contributed by atoms with van der Waals surface area (Å²) in [5.74, 6) is 0. The van der Waals surface area contributed by atoms with Crippen molar-refractivity contribution in [2.75, 3.05) is 6.54 Å². The van der Waals surface area contributed by atoms with Crippen molar-refractivity contribution in [3.05, 3.63) is 39.9 Å². The summed E-state index contributed by atoms with van der Waals surface area (Å²) in [5.41, 5.74) is 0.631. The summed E-state index contributed by atoms with van der Waals surface area (Å²) in [4.78, 5) is 19.9. The van der Waals surface area contributed by atoms with E-state index in [4.69, 9.17) is 11.6 Å². The van der Waals surface area contributed by atoms with Gasteiger partial charge < -0.3 is 0 Å². The number of hydrogen-bond donors (Lipinski definition) is 0. The predicted molar refractivity (Wildman–Crippen MR) is 102 cm³/mol. The van der Waals surface area contributed by atoms with E-state index in [0.29, 0.717) is 22.0 Å². The second kappa shape index (κ2) is 7.46. The Kier molecular flexibility index (Phi) is 5.09. The molecular formula is C20H26ClN3O. The number of rotatable bonds is 4. The van der Waals surface area contributed by atoms with E-state index in [9.17, 15) is 4.79 Å². The smallest absolute Gasteiger partial charge is 0.261 e. The zero-order chi connectivity index (χ0) is 17.2. The Labute approximate surface area is 153 Å². The Bertz CT molecular complexity index is 797. The molecule has 2 fully saturated rings. The molecule has 2 heterocycles. The summed E-state index contributed by atoms with van der Waals surface area (Å²) >= 11 is 6.15. The van der Waals surface area contributed by atoms with E-state index in [1.165, 1.54) is 51.5 Å². The minimum atomic E-state index is 0.0238. The van der Waals surface area contributed by atoms with Crippen LogP contribution >= 0.6 is 11.6 Å². The highest BCUT2D eigenvalue weighted by Crippen LogP contribution is 2.30. The number of hydrogen-bond acceptors (Lipinski definition) is 3. The van der Waals surface area contributed by atoms with Gasteiger partial charge >= 0.3 is 0 Å². The second-order valence-corrected chi connectivity index (χ2v) is 7.90. The van der Waals surface area contributed by atoms with Crippen molar-refractivity contribution in [1.82, 2.24) is 14.5 Å². The molecular weight excluding hydrogens is 334 g/mol. The number of benzene rings is 1. The Morgan fingerprint density at radius 3 is 2.76 bits per heavy atom. The van der Waals surface area contributed by atoms with Gasteiger partial charge in [0.05, 0.1) is 22.3 Å². The van der Waals surface area contributed by atoms with E-state index >= 15 is 0 Å². The van der Waals surface area contributed by atoms with Crippen LogP contribution in [0.25, 0.3) is 10.9 Å². The SMILES string of the molecule is O=c1c2cccc(Cl)c2ncn1CC[C@H]1CCCCN1C1CCCC1. The summed E-state index contributed by atoms with van der Waals surface area (Å²) in [7, 11) is 0. The first-order chi connectivity index (χ1) is 12.2. The summed E-state index contributed by atoms with van der Waals surface area (Å²) in [6, 6.07) is 6.80. The van der Waals surface area contributed by atoms with E-state index < -0.39 is 0 Å². The first-order valence-electron chi connectivity index (χ1n) is 9.63. The van der Waals surface area contributed by atoms with Crippen LogP contribution in [0.1, 0.15) is 51.4 Å². The molecule has 0 unspecified atom stereocenters. The predicted octanol–water partition coefficient (Wildman–Crippen LogP) is 4.24. The molecule has 0 N–H and O–H groups in total. The number of aromatic nitrogens is 2. The molecule has 0 bridgehead atoms. The van der Waals surface area contributed by atoms with Crippen LogP contribution in [0.2, 0.25) is 5.02 Å². The van der Waals surface area contributed by atoms with Crippen LogP contribution in [-0.4, -0.2) is 33.1 Å². The van der Waals surface area contributed by atoms with Gasteiger partial charge in [-0.2, -0.15) is 0 Å². The zero-order valence-corrected chi connectivity index (χ0v) is 15.4. The fourth-order valence-corrected chi connectivity index (χ4v) is 4.87. The minimum Gasteiger partial charge on any atom is -0.299 e. The highest BCUT2D eigenvalue weighted by Gasteiger charge is 2.30. The van der Waals surface area contributed by atoms with Gasteiger partial charge in [-0.1, -0.05) is 36.9 Å². The maximum absolute atomic E-state index is 12.7. The molecule has 4 rings (SSSR count). The van der Waals surface area contributed by atoms with E-state index in [0.717, 1.165) is 19.0 Å². The van der Waals surface area contributed by atoms with Gasteiger partial charge in [0.25, 0.3) is 5.56 Å². The lowest BCUT2D eigenvalue weighted by Gasteiger charge is -2.40. The van der Waals surface area contributed by atoms with Gasteiger partial charge in [0.15, 0.2) is 0 Å². The average Bonchev–Trinajstić information content (AvgIpc) is 3.17. The molecule has 1 aromatic carbocycles. The lowest BCUT2D eigenvalue weighted by Crippen LogP contribution is -2.45. The van der Waals surface area contributed by atoms with E-state index in [2.05, 4.69) is 9.88 Å². The molecule has 134 valence electrons. The molecule has 2 aromatic rings. The highest BCUT2D eigenvalue weighted by molar-refractivity contribution is 6.34. The van der Waals surface area contributed by atoms with Crippen molar-refractivity contribution in [2.24, 2.45) is 0 Å². The summed E-state index contributed by atoms with van der Waals surface area (Å²) in [5, 5.41) is 1.16. The molecule has 0 amide bonds. The molecule has 2 aliphatic rings. The van der Waals surface area contributed by atoms with Crippen LogP contribution in [0.4, 0.5) is 0 Å². The van der Waals surface area contributed by atoms with Crippen molar-refractivity contribution in [3.63, 3.8) is 0 Å². The number of halogens is 1. The molecule has 25 heavy (non-hydrogen) atoms. The van der Waals surface area contributed by atoms with E-state index in [-0.39, 0.29) is 5.56 Å². The van der Waals surface area contributed by atoms with Gasteiger partial charge in [0.1, 0.15) is 0 Å². The van der Waals surface area contributed by atoms with Gasteiger partial charge in [0, 0.05) is 18.6 Å². The third-order valence-corrected chi connectivity index (χ3v) is 6.28. The summed E-state index contributed by atoms with van der Waals surface area (Å²) in [6.45, 7) is 1.97. The quantitative estimate of drug-likeness (QED) is 0.819. The number of nitrogens with zero attached hydrogens (tertiary/aromatic N) is 3. The summed E-state index contributed by atoms with van der Waals surface area (Å²) < 4.78 is 1.76. The lowest BCUT2D eigenvalue weighted by molar-refractivity contribution is 0.0880. The molecule has 0 radical (unpaired) electrons. The highest BCUT2D eigenvalue weighted by atomic mass is 35.5. The minimum absolute atomic E-state index is 0.0238.